The Labute approximate surface area is 122 Å². The molecule has 2 rings (SSSR count). The molecule has 0 bridgehead atoms. The molecule has 110 valence electrons. The number of benzene rings is 1. The number of aryl methyl sites for hydroxylation is 1. The van der Waals surface area contributed by atoms with E-state index in [1.807, 2.05) is 0 Å². The normalized spacial score (nSPS) is 26.4. The summed E-state index contributed by atoms with van der Waals surface area (Å²) in [4.78, 5) is 11.8. The van der Waals surface area contributed by atoms with Gasteiger partial charge in [0.1, 0.15) is 0 Å². The number of hydrogen-bond donors (Lipinski definition) is 1. The monoisotopic (exact) mass is 274 g/mol. The first-order valence-corrected chi connectivity index (χ1v) is 7.85. The van der Waals surface area contributed by atoms with E-state index in [1.165, 1.54) is 18.4 Å². The average Bonchev–Trinajstić information content (AvgIpc) is 2.44. The summed E-state index contributed by atoms with van der Waals surface area (Å²) in [6.45, 7) is 4.28. The zero-order valence-corrected chi connectivity index (χ0v) is 12.7. The second-order valence-corrected chi connectivity index (χ2v) is 6.48. The summed E-state index contributed by atoms with van der Waals surface area (Å²) in [6.07, 6.45) is 6.96. The molecule has 1 aromatic carbocycles. The van der Waals surface area contributed by atoms with Gasteiger partial charge in [-0.05, 0) is 50.5 Å². The van der Waals surface area contributed by atoms with Crippen LogP contribution in [0.5, 0.6) is 0 Å². The summed E-state index contributed by atoms with van der Waals surface area (Å²) in [5.41, 5.74) is 1.86. The lowest BCUT2D eigenvalue weighted by Crippen LogP contribution is -2.37. The van der Waals surface area contributed by atoms with Crippen LogP contribution in [-0.4, -0.2) is 11.1 Å². The van der Waals surface area contributed by atoms with Crippen molar-refractivity contribution in [1.29, 1.82) is 0 Å². The summed E-state index contributed by atoms with van der Waals surface area (Å²) in [7, 11) is 0. The molecule has 1 fully saturated rings. The molecular weight excluding hydrogens is 248 g/mol. The predicted octanol–water partition coefficient (Wildman–Crippen LogP) is 4.60. The number of rotatable bonds is 5. The van der Waals surface area contributed by atoms with Gasteiger partial charge in [0.15, 0.2) is 0 Å². The first kappa shape index (κ1) is 15.1. The van der Waals surface area contributed by atoms with Gasteiger partial charge in [-0.15, -0.1) is 0 Å². The van der Waals surface area contributed by atoms with Crippen LogP contribution in [-0.2, 0) is 11.2 Å². The van der Waals surface area contributed by atoms with Crippen LogP contribution in [0.25, 0.3) is 0 Å². The molecule has 0 aliphatic heterocycles. The van der Waals surface area contributed by atoms with Crippen LogP contribution in [0.4, 0.5) is 0 Å². The smallest absolute Gasteiger partial charge is 0.309 e. The van der Waals surface area contributed by atoms with Crippen molar-refractivity contribution in [2.45, 2.75) is 58.8 Å². The highest BCUT2D eigenvalue weighted by Gasteiger charge is 2.41. The van der Waals surface area contributed by atoms with Crippen LogP contribution in [0.2, 0.25) is 0 Å². The SMILES string of the molecule is CCCC1CCC(Cc2ccc(C)cc2)(C(=O)O)CC1. The molecule has 0 radical (unpaired) electrons. The highest BCUT2D eigenvalue weighted by Crippen LogP contribution is 2.43. The number of carbonyl (C=O) groups is 1. The van der Waals surface area contributed by atoms with E-state index in [2.05, 4.69) is 38.1 Å². The maximum atomic E-state index is 11.8. The second kappa shape index (κ2) is 6.43. The Bertz CT molecular complexity index is 439. The molecule has 0 unspecified atom stereocenters. The number of aliphatic carboxylic acids is 1. The van der Waals surface area contributed by atoms with Crippen molar-refractivity contribution in [3.8, 4) is 0 Å². The summed E-state index contributed by atoms with van der Waals surface area (Å²) in [6, 6.07) is 8.32. The fourth-order valence-corrected chi connectivity index (χ4v) is 3.49. The molecule has 0 amide bonds. The van der Waals surface area contributed by atoms with Crippen molar-refractivity contribution < 1.29 is 9.90 Å². The molecule has 2 nitrogen and oxygen atoms in total. The molecule has 20 heavy (non-hydrogen) atoms. The van der Waals surface area contributed by atoms with Gasteiger partial charge >= 0.3 is 5.97 Å². The summed E-state index contributed by atoms with van der Waals surface area (Å²) >= 11 is 0. The molecule has 1 aliphatic carbocycles. The van der Waals surface area contributed by atoms with Crippen molar-refractivity contribution in [1.82, 2.24) is 0 Å². The minimum atomic E-state index is -0.604. The van der Waals surface area contributed by atoms with E-state index in [1.54, 1.807) is 0 Å². The Balaban J connectivity index is 2.08. The zero-order valence-electron chi connectivity index (χ0n) is 12.7. The maximum absolute atomic E-state index is 11.8. The highest BCUT2D eigenvalue weighted by molar-refractivity contribution is 5.75. The number of hydrogen-bond acceptors (Lipinski definition) is 1. The third-order valence-electron chi connectivity index (χ3n) is 4.88. The van der Waals surface area contributed by atoms with Crippen molar-refractivity contribution in [3.05, 3.63) is 35.4 Å². The fraction of sp³-hybridized carbons (Fsp3) is 0.611. The molecule has 2 heteroatoms. The Morgan fingerprint density at radius 2 is 1.85 bits per heavy atom. The van der Waals surface area contributed by atoms with Crippen molar-refractivity contribution in [3.63, 3.8) is 0 Å². The van der Waals surface area contributed by atoms with Gasteiger partial charge in [0.05, 0.1) is 5.41 Å². The third-order valence-corrected chi connectivity index (χ3v) is 4.88. The molecule has 1 saturated carbocycles. The van der Waals surface area contributed by atoms with Crippen molar-refractivity contribution >= 4 is 5.97 Å². The van der Waals surface area contributed by atoms with E-state index in [-0.39, 0.29) is 0 Å². The largest absolute Gasteiger partial charge is 0.481 e. The summed E-state index contributed by atoms with van der Waals surface area (Å²) < 4.78 is 0. The van der Waals surface area contributed by atoms with E-state index in [0.717, 1.165) is 37.2 Å². The van der Waals surface area contributed by atoms with Gasteiger partial charge in [-0.2, -0.15) is 0 Å². The van der Waals surface area contributed by atoms with E-state index >= 15 is 0 Å². The van der Waals surface area contributed by atoms with Gasteiger partial charge in [-0.1, -0.05) is 49.6 Å². The molecule has 0 heterocycles. The first-order valence-electron chi connectivity index (χ1n) is 7.85. The maximum Gasteiger partial charge on any atom is 0.309 e. The zero-order chi connectivity index (χ0) is 14.6. The topological polar surface area (TPSA) is 37.3 Å². The Morgan fingerprint density at radius 1 is 1.25 bits per heavy atom. The van der Waals surface area contributed by atoms with Crippen LogP contribution in [0.15, 0.2) is 24.3 Å². The van der Waals surface area contributed by atoms with Crippen LogP contribution in [0, 0.1) is 18.3 Å². The van der Waals surface area contributed by atoms with Gasteiger partial charge < -0.3 is 5.11 Å². The van der Waals surface area contributed by atoms with Gasteiger partial charge in [-0.25, -0.2) is 0 Å². The van der Waals surface area contributed by atoms with Crippen molar-refractivity contribution in [2.75, 3.05) is 0 Å². The molecule has 1 aliphatic rings. The van der Waals surface area contributed by atoms with E-state index < -0.39 is 11.4 Å². The lowest BCUT2D eigenvalue weighted by atomic mass is 9.67. The van der Waals surface area contributed by atoms with Gasteiger partial charge in [-0.3, -0.25) is 4.79 Å². The average molecular weight is 274 g/mol. The molecule has 0 saturated heterocycles. The quantitative estimate of drug-likeness (QED) is 0.852. The lowest BCUT2D eigenvalue weighted by Gasteiger charge is -2.37. The standard InChI is InChI=1S/C18H26O2/c1-3-4-15-9-11-18(12-10-15,17(19)20)13-16-7-5-14(2)6-8-16/h5-8,15H,3-4,9-13H2,1-2H3,(H,19,20). The second-order valence-electron chi connectivity index (χ2n) is 6.48. The van der Waals surface area contributed by atoms with Crippen LogP contribution >= 0.6 is 0 Å². The molecule has 0 spiro atoms. The minimum Gasteiger partial charge on any atom is -0.481 e. The third kappa shape index (κ3) is 3.41. The van der Waals surface area contributed by atoms with E-state index in [4.69, 9.17) is 0 Å². The Morgan fingerprint density at radius 3 is 2.35 bits per heavy atom. The van der Waals surface area contributed by atoms with Gasteiger partial charge in [0.25, 0.3) is 0 Å². The Kier molecular flexibility index (Phi) is 4.85. The van der Waals surface area contributed by atoms with Crippen LogP contribution in [0.1, 0.15) is 56.6 Å². The highest BCUT2D eigenvalue weighted by atomic mass is 16.4. The summed E-state index contributed by atoms with van der Waals surface area (Å²) in [5.74, 6) is 0.138. The Hall–Kier alpha value is -1.31. The van der Waals surface area contributed by atoms with Gasteiger partial charge in [0, 0.05) is 0 Å². The van der Waals surface area contributed by atoms with Gasteiger partial charge in [0.2, 0.25) is 0 Å². The van der Waals surface area contributed by atoms with Crippen LogP contribution < -0.4 is 0 Å². The fourth-order valence-electron chi connectivity index (χ4n) is 3.49. The number of carboxylic acids is 1. The lowest BCUT2D eigenvalue weighted by molar-refractivity contribution is -0.151. The molecule has 1 N–H and O–H groups in total. The number of carboxylic acid groups (broad SMARTS) is 1. The molecule has 1 aromatic rings. The molecule has 0 atom stereocenters. The minimum absolute atomic E-state index is 0.528. The van der Waals surface area contributed by atoms with E-state index in [0.29, 0.717) is 6.42 Å². The molecule has 0 aromatic heterocycles. The van der Waals surface area contributed by atoms with Crippen LogP contribution in [0.3, 0.4) is 0 Å². The molecular formula is C18H26O2. The summed E-state index contributed by atoms with van der Waals surface area (Å²) in [5, 5.41) is 9.72. The first-order chi connectivity index (χ1) is 9.55. The van der Waals surface area contributed by atoms with E-state index in [9.17, 15) is 9.90 Å². The van der Waals surface area contributed by atoms with Crippen molar-refractivity contribution in [2.24, 2.45) is 11.3 Å². The predicted molar refractivity (Wildman–Crippen MR) is 81.8 cm³/mol.